The first-order chi connectivity index (χ1) is 10.0. The lowest BCUT2D eigenvalue weighted by atomic mass is 10.1. The Balaban J connectivity index is 2.27. The summed E-state index contributed by atoms with van der Waals surface area (Å²) in [6.45, 7) is 1.76. The molecular formula is C16H13FN2O2. The quantitative estimate of drug-likeness (QED) is 0.937. The highest BCUT2D eigenvalue weighted by molar-refractivity contribution is 5.95. The second-order valence-electron chi connectivity index (χ2n) is 4.47. The van der Waals surface area contributed by atoms with E-state index in [2.05, 4.69) is 0 Å². The van der Waals surface area contributed by atoms with Crippen molar-refractivity contribution in [1.29, 1.82) is 5.26 Å². The molecule has 0 aliphatic rings. The fourth-order valence-electron chi connectivity index (χ4n) is 1.93. The van der Waals surface area contributed by atoms with E-state index in [1.54, 1.807) is 31.2 Å². The van der Waals surface area contributed by atoms with E-state index in [1.165, 1.54) is 12.1 Å². The molecule has 0 saturated heterocycles. The molecule has 2 aromatic rings. The minimum atomic E-state index is -0.880. The molecule has 0 unspecified atom stereocenters. The summed E-state index contributed by atoms with van der Waals surface area (Å²) in [7, 11) is 0. The fourth-order valence-corrected chi connectivity index (χ4v) is 1.93. The minimum Gasteiger partial charge on any atom is -0.485 e. The van der Waals surface area contributed by atoms with Gasteiger partial charge in [-0.2, -0.15) is 5.26 Å². The summed E-state index contributed by atoms with van der Waals surface area (Å²) < 4.78 is 19.3. The summed E-state index contributed by atoms with van der Waals surface area (Å²) in [5.41, 5.74) is 6.24. The van der Waals surface area contributed by atoms with Gasteiger partial charge in [0.15, 0.2) is 0 Å². The summed E-state index contributed by atoms with van der Waals surface area (Å²) >= 11 is 0. The van der Waals surface area contributed by atoms with E-state index in [-0.39, 0.29) is 11.3 Å². The van der Waals surface area contributed by atoms with Gasteiger partial charge in [-0.05, 0) is 36.8 Å². The van der Waals surface area contributed by atoms with E-state index in [9.17, 15) is 9.18 Å². The van der Waals surface area contributed by atoms with Crippen LogP contribution in [0.5, 0.6) is 5.75 Å². The Labute approximate surface area is 121 Å². The molecule has 0 bridgehead atoms. The molecule has 4 nitrogen and oxygen atoms in total. The summed E-state index contributed by atoms with van der Waals surface area (Å²) in [5, 5.41) is 8.76. The lowest BCUT2D eigenvalue weighted by Crippen LogP contribution is -2.16. The van der Waals surface area contributed by atoms with E-state index < -0.39 is 17.8 Å². The molecule has 2 rings (SSSR count). The zero-order valence-corrected chi connectivity index (χ0v) is 11.3. The topological polar surface area (TPSA) is 76.1 Å². The molecule has 0 aliphatic carbocycles. The van der Waals surface area contributed by atoms with Crippen molar-refractivity contribution in [3.05, 3.63) is 65.0 Å². The number of ether oxygens (including phenoxy) is 1. The molecule has 1 atom stereocenters. The Bertz CT molecular complexity index is 705. The molecule has 0 fully saturated rings. The minimum absolute atomic E-state index is 0.0966. The van der Waals surface area contributed by atoms with Gasteiger partial charge in [0.2, 0.25) is 0 Å². The third kappa shape index (κ3) is 3.18. The van der Waals surface area contributed by atoms with Crippen LogP contribution in [0.1, 0.15) is 34.5 Å². The second-order valence-corrected chi connectivity index (χ2v) is 4.47. The third-order valence-corrected chi connectivity index (χ3v) is 3.03. The monoisotopic (exact) mass is 284 g/mol. The van der Waals surface area contributed by atoms with Gasteiger partial charge < -0.3 is 10.5 Å². The SMILES string of the molecule is C[C@H](Oc1cccc(F)c1C(N)=O)c1ccc(C#N)cc1. The van der Waals surface area contributed by atoms with Gasteiger partial charge in [-0.15, -0.1) is 0 Å². The van der Waals surface area contributed by atoms with Crippen molar-refractivity contribution in [3.8, 4) is 11.8 Å². The van der Waals surface area contributed by atoms with Crippen LogP contribution in [0.2, 0.25) is 0 Å². The molecule has 21 heavy (non-hydrogen) atoms. The number of halogens is 1. The molecule has 0 radical (unpaired) electrons. The molecule has 0 aliphatic heterocycles. The molecule has 106 valence electrons. The number of nitriles is 1. The Kier molecular flexibility index (Phi) is 4.19. The largest absolute Gasteiger partial charge is 0.485 e. The van der Waals surface area contributed by atoms with E-state index in [1.807, 2.05) is 6.07 Å². The third-order valence-electron chi connectivity index (χ3n) is 3.03. The molecule has 0 aromatic heterocycles. The summed E-state index contributed by atoms with van der Waals surface area (Å²) in [4.78, 5) is 11.3. The summed E-state index contributed by atoms with van der Waals surface area (Å²) in [5.74, 6) is -1.50. The van der Waals surface area contributed by atoms with Gasteiger partial charge in [0, 0.05) is 0 Å². The average Bonchev–Trinajstić information content (AvgIpc) is 2.47. The van der Waals surface area contributed by atoms with Gasteiger partial charge in [0.25, 0.3) is 5.91 Å². The standard InChI is InChI=1S/C16H13FN2O2/c1-10(12-7-5-11(9-18)6-8-12)21-14-4-2-3-13(17)15(14)16(19)20/h2-8,10H,1H3,(H2,19,20)/t10-/m0/s1. The first-order valence-corrected chi connectivity index (χ1v) is 6.28. The summed E-state index contributed by atoms with van der Waals surface area (Å²) in [6, 6.07) is 12.9. The van der Waals surface area contributed by atoms with Crippen molar-refractivity contribution in [3.63, 3.8) is 0 Å². The lowest BCUT2D eigenvalue weighted by molar-refractivity contribution is 0.0989. The van der Waals surface area contributed by atoms with Gasteiger partial charge in [0.05, 0.1) is 11.6 Å². The van der Waals surface area contributed by atoms with Crippen molar-refractivity contribution >= 4 is 5.91 Å². The fraction of sp³-hybridized carbons (Fsp3) is 0.125. The predicted molar refractivity (Wildman–Crippen MR) is 75.1 cm³/mol. The van der Waals surface area contributed by atoms with Gasteiger partial charge >= 0.3 is 0 Å². The van der Waals surface area contributed by atoms with Gasteiger partial charge in [-0.25, -0.2) is 4.39 Å². The average molecular weight is 284 g/mol. The lowest BCUT2D eigenvalue weighted by Gasteiger charge is -2.17. The van der Waals surface area contributed by atoms with Crippen LogP contribution in [0.4, 0.5) is 4.39 Å². The molecule has 2 N–H and O–H groups in total. The molecule has 1 amide bonds. The number of hydrogen-bond acceptors (Lipinski definition) is 3. The van der Waals surface area contributed by atoms with Crippen molar-refractivity contribution < 1.29 is 13.9 Å². The van der Waals surface area contributed by atoms with E-state index in [4.69, 9.17) is 15.7 Å². The zero-order valence-electron chi connectivity index (χ0n) is 11.3. The van der Waals surface area contributed by atoms with Crippen molar-refractivity contribution in [1.82, 2.24) is 0 Å². The molecule has 0 saturated carbocycles. The van der Waals surface area contributed by atoms with Crippen molar-refractivity contribution in [2.75, 3.05) is 0 Å². The van der Waals surface area contributed by atoms with Gasteiger partial charge in [-0.1, -0.05) is 18.2 Å². The van der Waals surface area contributed by atoms with Crippen LogP contribution in [-0.4, -0.2) is 5.91 Å². The molecule has 2 aromatic carbocycles. The molecular weight excluding hydrogens is 271 g/mol. The Morgan fingerprint density at radius 1 is 1.29 bits per heavy atom. The van der Waals surface area contributed by atoms with Crippen LogP contribution in [-0.2, 0) is 0 Å². The summed E-state index contributed by atoms with van der Waals surface area (Å²) in [6.07, 6.45) is -0.419. The van der Waals surface area contributed by atoms with Crippen LogP contribution in [0.25, 0.3) is 0 Å². The van der Waals surface area contributed by atoms with E-state index in [0.29, 0.717) is 5.56 Å². The highest BCUT2D eigenvalue weighted by atomic mass is 19.1. The van der Waals surface area contributed by atoms with Crippen molar-refractivity contribution in [2.45, 2.75) is 13.0 Å². The highest BCUT2D eigenvalue weighted by Gasteiger charge is 2.17. The smallest absolute Gasteiger partial charge is 0.255 e. The first-order valence-electron chi connectivity index (χ1n) is 6.28. The van der Waals surface area contributed by atoms with Crippen LogP contribution in [0.3, 0.4) is 0 Å². The van der Waals surface area contributed by atoms with E-state index in [0.717, 1.165) is 11.6 Å². The number of benzene rings is 2. The van der Waals surface area contributed by atoms with Crippen molar-refractivity contribution in [2.24, 2.45) is 5.73 Å². The zero-order chi connectivity index (χ0) is 15.4. The first kappa shape index (κ1) is 14.5. The number of nitrogens with zero attached hydrogens (tertiary/aromatic N) is 1. The maximum atomic E-state index is 13.6. The number of rotatable bonds is 4. The van der Waals surface area contributed by atoms with Crippen LogP contribution >= 0.6 is 0 Å². The Hall–Kier alpha value is -2.87. The van der Waals surface area contributed by atoms with Crippen LogP contribution < -0.4 is 10.5 Å². The maximum absolute atomic E-state index is 13.6. The highest BCUT2D eigenvalue weighted by Crippen LogP contribution is 2.27. The Morgan fingerprint density at radius 2 is 1.95 bits per heavy atom. The Morgan fingerprint density at radius 3 is 2.52 bits per heavy atom. The number of hydrogen-bond donors (Lipinski definition) is 1. The number of carbonyl (C=O) groups excluding carboxylic acids is 1. The molecule has 0 spiro atoms. The van der Waals surface area contributed by atoms with Crippen LogP contribution in [0, 0.1) is 17.1 Å². The molecule has 0 heterocycles. The maximum Gasteiger partial charge on any atom is 0.255 e. The number of amides is 1. The van der Waals surface area contributed by atoms with Crippen LogP contribution in [0.15, 0.2) is 42.5 Å². The predicted octanol–water partition coefficient (Wildman–Crippen LogP) is 2.94. The number of carbonyl (C=O) groups is 1. The van der Waals surface area contributed by atoms with Gasteiger partial charge in [-0.3, -0.25) is 4.79 Å². The van der Waals surface area contributed by atoms with Gasteiger partial charge in [0.1, 0.15) is 23.2 Å². The van der Waals surface area contributed by atoms with E-state index >= 15 is 0 Å². The normalized spacial score (nSPS) is 11.5. The number of nitrogens with two attached hydrogens (primary N) is 1. The molecule has 5 heteroatoms. The number of primary amides is 1. The second kappa shape index (κ2) is 6.06.